The molecule has 1 aromatic heterocycles. The number of amides is 1. The molecular formula is C13H10FN3O2S. The number of aliphatic hydroxyl groups excluding tert-OH is 1. The molecule has 0 atom stereocenters. The van der Waals surface area contributed by atoms with Crippen LogP contribution in [0.2, 0.25) is 0 Å². The van der Waals surface area contributed by atoms with Gasteiger partial charge in [0.25, 0.3) is 5.91 Å². The van der Waals surface area contributed by atoms with Gasteiger partial charge in [-0.2, -0.15) is 0 Å². The fourth-order valence-electron chi connectivity index (χ4n) is 1.39. The summed E-state index contributed by atoms with van der Waals surface area (Å²) in [7, 11) is 0. The summed E-state index contributed by atoms with van der Waals surface area (Å²) in [5.74, 6) is 4.50. The third-order valence-electron chi connectivity index (χ3n) is 2.28. The van der Waals surface area contributed by atoms with Crippen LogP contribution in [0.4, 0.5) is 10.1 Å². The van der Waals surface area contributed by atoms with Crippen LogP contribution in [0.15, 0.2) is 23.6 Å². The van der Waals surface area contributed by atoms with E-state index < -0.39 is 11.7 Å². The van der Waals surface area contributed by atoms with Crippen LogP contribution in [-0.4, -0.2) is 27.2 Å². The predicted octanol–water partition coefficient (Wildman–Crippen LogP) is 1.66. The molecule has 5 nitrogen and oxygen atoms in total. The quantitative estimate of drug-likeness (QED) is 0.843. The van der Waals surface area contributed by atoms with Crippen LogP contribution in [0.3, 0.4) is 0 Å². The van der Waals surface area contributed by atoms with Crippen LogP contribution >= 0.6 is 11.5 Å². The molecule has 2 aromatic rings. The summed E-state index contributed by atoms with van der Waals surface area (Å²) in [6.07, 6.45) is 0.278. The molecular weight excluding hydrogens is 281 g/mol. The summed E-state index contributed by atoms with van der Waals surface area (Å²) in [6, 6.07) is 3.88. The lowest BCUT2D eigenvalue weighted by Gasteiger charge is -2.05. The van der Waals surface area contributed by atoms with Crippen molar-refractivity contribution in [2.24, 2.45) is 0 Å². The zero-order chi connectivity index (χ0) is 14.4. The van der Waals surface area contributed by atoms with Crippen LogP contribution in [0.1, 0.15) is 22.5 Å². The maximum Gasteiger partial charge on any atom is 0.277 e. The molecule has 1 heterocycles. The summed E-state index contributed by atoms with van der Waals surface area (Å²) >= 11 is 1.06. The first-order valence-corrected chi connectivity index (χ1v) is 6.52. The SMILES string of the molecule is O=C(Nc1ccc(F)cc1C#CCCO)c1csnn1. The van der Waals surface area contributed by atoms with Gasteiger partial charge in [0.1, 0.15) is 5.82 Å². The number of aliphatic hydroxyl groups is 1. The smallest absolute Gasteiger partial charge is 0.277 e. The molecule has 1 amide bonds. The van der Waals surface area contributed by atoms with E-state index in [1.54, 1.807) is 0 Å². The lowest BCUT2D eigenvalue weighted by molar-refractivity contribution is 0.102. The van der Waals surface area contributed by atoms with E-state index >= 15 is 0 Å². The number of aromatic nitrogens is 2. The molecule has 0 bridgehead atoms. The lowest BCUT2D eigenvalue weighted by atomic mass is 10.1. The average molecular weight is 291 g/mol. The molecule has 0 spiro atoms. The highest BCUT2D eigenvalue weighted by Gasteiger charge is 2.11. The van der Waals surface area contributed by atoms with Gasteiger partial charge in [-0.25, -0.2) is 4.39 Å². The molecule has 7 heteroatoms. The maximum atomic E-state index is 13.2. The minimum atomic E-state index is -0.452. The molecule has 0 saturated heterocycles. The van der Waals surface area contributed by atoms with Gasteiger partial charge in [-0.1, -0.05) is 16.3 Å². The van der Waals surface area contributed by atoms with Crippen molar-refractivity contribution < 1.29 is 14.3 Å². The molecule has 0 unspecified atom stereocenters. The average Bonchev–Trinajstić information content (AvgIpc) is 2.96. The predicted molar refractivity (Wildman–Crippen MR) is 72.8 cm³/mol. The Morgan fingerprint density at radius 1 is 1.50 bits per heavy atom. The number of rotatable bonds is 3. The summed E-state index contributed by atoms with van der Waals surface area (Å²) in [6.45, 7) is -0.0749. The second kappa shape index (κ2) is 6.75. The number of hydrogen-bond donors (Lipinski definition) is 2. The molecule has 0 saturated carbocycles. The van der Waals surface area contributed by atoms with Gasteiger partial charge >= 0.3 is 0 Å². The van der Waals surface area contributed by atoms with E-state index in [2.05, 4.69) is 26.7 Å². The Morgan fingerprint density at radius 2 is 2.35 bits per heavy atom. The van der Waals surface area contributed by atoms with E-state index in [0.29, 0.717) is 11.3 Å². The molecule has 0 radical (unpaired) electrons. The van der Waals surface area contributed by atoms with E-state index in [-0.39, 0.29) is 18.7 Å². The monoisotopic (exact) mass is 291 g/mol. The fourth-order valence-corrected chi connectivity index (χ4v) is 1.83. The molecule has 0 aliphatic rings. The molecule has 2 N–H and O–H groups in total. The summed E-state index contributed by atoms with van der Waals surface area (Å²) < 4.78 is 16.8. The summed E-state index contributed by atoms with van der Waals surface area (Å²) in [5, 5.41) is 16.4. The highest BCUT2D eigenvalue weighted by Crippen LogP contribution is 2.17. The Hall–Kier alpha value is -2.30. The van der Waals surface area contributed by atoms with Crippen molar-refractivity contribution in [2.75, 3.05) is 11.9 Å². The van der Waals surface area contributed by atoms with Crippen LogP contribution < -0.4 is 5.32 Å². The molecule has 1 aromatic carbocycles. The van der Waals surface area contributed by atoms with Crippen LogP contribution in [0, 0.1) is 17.7 Å². The first-order chi connectivity index (χ1) is 9.70. The van der Waals surface area contributed by atoms with E-state index in [1.165, 1.54) is 23.6 Å². The lowest BCUT2D eigenvalue weighted by Crippen LogP contribution is -2.13. The second-order valence-corrected chi connectivity index (χ2v) is 4.32. The number of benzene rings is 1. The number of nitrogens with zero attached hydrogens (tertiary/aromatic N) is 2. The van der Waals surface area contributed by atoms with E-state index in [1.807, 2.05) is 0 Å². The minimum Gasteiger partial charge on any atom is -0.395 e. The topological polar surface area (TPSA) is 75.1 Å². The van der Waals surface area contributed by atoms with Crippen molar-refractivity contribution in [3.63, 3.8) is 0 Å². The molecule has 20 heavy (non-hydrogen) atoms. The fraction of sp³-hybridized carbons (Fsp3) is 0.154. The van der Waals surface area contributed by atoms with Crippen molar-refractivity contribution in [3.05, 3.63) is 40.7 Å². The van der Waals surface area contributed by atoms with Gasteiger partial charge < -0.3 is 10.4 Å². The summed E-state index contributed by atoms with van der Waals surface area (Å²) in [5.41, 5.74) is 0.915. The Morgan fingerprint density at radius 3 is 3.05 bits per heavy atom. The van der Waals surface area contributed by atoms with Gasteiger partial charge in [0, 0.05) is 11.8 Å². The van der Waals surface area contributed by atoms with Crippen LogP contribution in [-0.2, 0) is 0 Å². The highest BCUT2D eigenvalue weighted by atomic mass is 32.1. The van der Waals surface area contributed by atoms with Gasteiger partial charge in [-0.3, -0.25) is 4.79 Å². The highest BCUT2D eigenvalue weighted by molar-refractivity contribution is 7.03. The van der Waals surface area contributed by atoms with Crippen LogP contribution in [0.25, 0.3) is 0 Å². The first-order valence-electron chi connectivity index (χ1n) is 5.68. The molecule has 102 valence electrons. The first kappa shape index (κ1) is 14.1. The molecule has 0 aliphatic carbocycles. The van der Waals surface area contributed by atoms with E-state index in [9.17, 15) is 9.18 Å². The number of nitrogens with one attached hydrogen (secondary N) is 1. The Balaban J connectivity index is 2.23. The Labute approximate surface area is 118 Å². The van der Waals surface area contributed by atoms with Gasteiger partial charge in [0.05, 0.1) is 17.9 Å². The zero-order valence-electron chi connectivity index (χ0n) is 10.3. The van der Waals surface area contributed by atoms with Gasteiger partial charge in [0.15, 0.2) is 5.69 Å². The third kappa shape index (κ3) is 3.60. The number of anilines is 1. The van der Waals surface area contributed by atoms with E-state index in [0.717, 1.165) is 11.5 Å². The van der Waals surface area contributed by atoms with Gasteiger partial charge in [0.2, 0.25) is 0 Å². The second-order valence-electron chi connectivity index (χ2n) is 3.71. The Kier molecular flexibility index (Phi) is 4.76. The number of carbonyl (C=O) groups is 1. The molecule has 0 aliphatic heterocycles. The summed E-state index contributed by atoms with van der Waals surface area (Å²) in [4.78, 5) is 11.9. The van der Waals surface area contributed by atoms with Crippen molar-refractivity contribution in [3.8, 4) is 11.8 Å². The Bertz CT molecular complexity index is 662. The van der Waals surface area contributed by atoms with Crippen molar-refractivity contribution in [1.82, 2.24) is 9.59 Å². The maximum absolute atomic E-state index is 13.2. The third-order valence-corrected chi connectivity index (χ3v) is 2.79. The largest absolute Gasteiger partial charge is 0.395 e. The number of hydrogen-bond acceptors (Lipinski definition) is 5. The molecule has 0 fully saturated rings. The van der Waals surface area contributed by atoms with Gasteiger partial charge in [-0.15, -0.1) is 5.10 Å². The number of carbonyl (C=O) groups excluding carboxylic acids is 1. The van der Waals surface area contributed by atoms with E-state index in [4.69, 9.17) is 5.11 Å². The zero-order valence-corrected chi connectivity index (χ0v) is 11.1. The van der Waals surface area contributed by atoms with Crippen molar-refractivity contribution in [1.29, 1.82) is 0 Å². The van der Waals surface area contributed by atoms with Crippen LogP contribution in [0.5, 0.6) is 0 Å². The van der Waals surface area contributed by atoms with Gasteiger partial charge in [-0.05, 0) is 29.7 Å². The van der Waals surface area contributed by atoms with Crippen molar-refractivity contribution >= 4 is 23.1 Å². The van der Waals surface area contributed by atoms with Crippen molar-refractivity contribution in [2.45, 2.75) is 6.42 Å². The standard InChI is InChI=1S/C13H10FN3O2S/c14-10-4-5-11(9(7-10)3-1-2-6-18)15-13(19)12-8-20-17-16-12/h4-5,7-8,18H,2,6H2,(H,15,19). The minimum absolute atomic E-state index is 0.0749. The molecule has 2 rings (SSSR count). The number of halogens is 1. The normalized spacial score (nSPS) is 9.70.